The minimum atomic E-state index is 0.597. The maximum absolute atomic E-state index is 6.36. The van der Waals surface area contributed by atoms with Crippen molar-refractivity contribution in [3.63, 3.8) is 0 Å². The molecule has 8 aromatic carbocycles. The van der Waals surface area contributed by atoms with Crippen molar-refractivity contribution in [2.45, 2.75) is 6.54 Å². The molecular weight excluding hydrogens is 677 g/mol. The highest BCUT2D eigenvalue weighted by atomic mass is 16.4. The Labute approximate surface area is 316 Å². The molecule has 5 nitrogen and oxygen atoms in total. The first-order chi connectivity index (χ1) is 27.2. The molecule has 0 fully saturated rings. The molecule has 0 N–H and O–H groups in total. The number of oxazole rings is 1. The topological polar surface area (TPSA) is 55.6 Å². The number of furan rings is 2. The Balaban J connectivity index is 1.00. The summed E-state index contributed by atoms with van der Waals surface area (Å²) >= 11 is 0. The minimum absolute atomic E-state index is 0.597. The van der Waals surface area contributed by atoms with E-state index < -0.39 is 0 Å². The molecule has 5 heteroatoms. The van der Waals surface area contributed by atoms with Crippen LogP contribution in [0.3, 0.4) is 0 Å². The number of benzene rings is 8. The van der Waals surface area contributed by atoms with Crippen molar-refractivity contribution in [1.82, 2.24) is 4.98 Å². The Bertz CT molecular complexity index is 3170. The zero-order valence-electron chi connectivity index (χ0n) is 29.6. The highest BCUT2D eigenvalue weighted by Gasteiger charge is 2.19. The third-order valence-electron chi connectivity index (χ3n) is 10.6. The van der Waals surface area contributed by atoms with Gasteiger partial charge in [-0.05, 0) is 94.5 Å². The van der Waals surface area contributed by atoms with Gasteiger partial charge in [-0.15, -0.1) is 0 Å². The smallest absolute Gasteiger partial charge is 0.227 e. The van der Waals surface area contributed by atoms with Crippen molar-refractivity contribution in [2.24, 2.45) is 0 Å². The Morgan fingerprint density at radius 2 is 1.04 bits per heavy atom. The van der Waals surface area contributed by atoms with Gasteiger partial charge in [-0.1, -0.05) is 109 Å². The van der Waals surface area contributed by atoms with Gasteiger partial charge in [0.05, 0.1) is 5.39 Å². The van der Waals surface area contributed by atoms with Crippen LogP contribution < -0.4 is 4.90 Å². The predicted molar refractivity (Wildman–Crippen MR) is 224 cm³/mol. The largest absolute Gasteiger partial charge is 0.456 e. The number of para-hydroxylation sites is 1. The lowest BCUT2D eigenvalue weighted by Crippen LogP contribution is -2.17. The second kappa shape index (κ2) is 12.6. The van der Waals surface area contributed by atoms with E-state index in [1.165, 1.54) is 16.7 Å². The van der Waals surface area contributed by atoms with Gasteiger partial charge in [-0.2, -0.15) is 0 Å². The van der Waals surface area contributed by atoms with Crippen LogP contribution in [0.1, 0.15) is 5.56 Å². The number of nitrogens with zero attached hydrogens (tertiary/aromatic N) is 2. The van der Waals surface area contributed by atoms with E-state index in [1.807, 2.05) is 54.6 Å². The molecule has 0 spiro atoms. The molecule has 55 heavy (non-hydrogen) atoms. The summed E-state index contributed by atoms with van der Waals surface area (Å²) in [4.78, 5) is 7.32. The monoisotopic (exact) mass is 708 g/mol. The first kappa shape index (κ1) is 31.2. The third-order valence-corrected chi connectivity index (χ3v) is 10.6. The molecular formula is C50H32N2O3. The molecule has 0 saturated carbocycles. The lowest BCUT2D eigenvalue weighted by Gasteiger charge is -2.27. The fourth-order valence-corrected chi connectivity index (χ4v) is 7.91. The lowest BCUT2D eigenvalue weighted by atomic mass is 9.98. The van der Waals surface area contributed by atoms with Crippen molar-refractivity contribution in [1.29, 1.82) is 0 Å². The Morgan fingerprint density at radius 3 is 1.89 bits per heavy atom. The summed E-state index contributed by atoms with van der Waals surface area (Å²) in [6.07, 6.45) is 0. The third kappa shape index (κ3) is 5.36. The Kier molecular flexibility index (Phi) is 7.17. The zero-order chi connectivity index (χ0) is 36.3. The van der Waals surface area contributed by atoms with Crippen LogP contribution in [0.15, 0.2) is 195 Å². The molecule has 3 heterocycles. The van der Waals surface area contributed by atoms with Crippen molar-refractivity contribution in [3.05, 3.63) is 188 Å². The zero-order valence-corrected chi connectivity index (χ0v) is 29.6. The molecule has 0 radical (unpaired) electrons. The maximum atomic E-state index is 6.36. The van der Waals surface area contributed by atoms with Gasteiger partial charge in [0, 0.05) is 45.7 Å². The summed E-state index contributed by atoms with van der Waals surface area (Å²) in [5, 5.41) is 4.20. The molecule has 0 aliphatic heterocycles. The first-order valence-electron chi connectivity index (χ1n) is 18.5. The first-order valence-corrected chi connectivity index (χ1v) is 18.5. The van der Waals surface area contributed by atoms with Gasteiger partial charge >= 0.3 is 0 Å². The normalized spacial score (nSPS) is 11.7. The average molecular weight is 709 g/mol. The maximum Gasteiger partial charge on any atom is 0.227 e. The number of fused-ring (bicyclic) bond motifs is 8. The molecule has 0 aliphatic carbocycles. The van der Waals surface area contributed by atoms with E-state index in [9.17, 15) is 0 Å². The lowest BCUT2D eigenvalue weighted by molar-refractivity contribution is 0.619. The van der Waals surface area contributed by atoms with Gasteiger partial charge in [0.2, 0.25) is 5.89 Å². The molecule has 3 aromatic heterocycles. The Morgan fingerprint density at radius 1 is 0.400 bits per heavy atom. The summed E-state index contributed by atoms with van der Waals surface area (Å²) < 4.78 is 18.9. The van der Waals surface area contributed by atoms with E-state index in [0.29, 0.717) is 12.4 Å². The van der Waals surface area contributed by atoms with Crippen molar-refractivity contribution < 1.29 is 13.3 Å². The number of rotatable bonds is 7. The minimum Gasteiger partial charge on any atom is -0.456 e. The van der Waals surface area contributed by atoms with E-state index in [-0.39, 0.29) is 0 Å². The molecule has 0 aliphatic rings. The quantitative estimate of drug-likeness (QED) is 0.165. The SMILES string of the molecule is c1ccc(-c2nc3c(ccc4oc5ccc(-c6ccc(N(Cc7ccccc7-c7ccccc7)c7ccc8c(c7)oc7ccccc78)cc6)cc5c43)o2)cc1. The van der Waals surface area contributed by atoms with Crippen LogP contribution in [-0.2, 0) is 6.54 Å². The van der Waals surface area contributed by atoms with Crippen LogP contribution in [0, 0.1) is 0 Å². The van der Waals surface area contributed by atoms with Gasteiger partial charge < -0.3 is 18.2 Å². The predicted octanol–water partition coefficient (Wildman–Crippen LogP) is 14.0. The van der Waals surface area contributed by atoms with Gasteiger partial charge in [-0.25, -0.2) is 4.98 Å². The summed E-state index contributed by atoms with van der Waals surface area (Å²) in [6, 6.07) is 63.2. The molecule has 11 rings (SSSR count). The summed E-state index contributed by atoms with van der Waals surface area (Å²) in [6.45, 7) is 0.668. The fraction of sp³-hybridized carbons (Fsp3) is 0.0200. The van der Waals surface area contributed by atoms with Crippen LogP contribution in [-0.4, -0.2) is 4.98 Å². The van der Waals surface area contributed by atoms with Gasteiger partial charge in [-0.3, -0.25) is 0 Å². The van der Waals surface area contributed by atoms with Crippen LogP contribution in [0.2, 0.25) is 0 Å². The van der Waals surface area contributed by atoms with Crippen LogP contribution in [0.25, 0.3) is 88.7 Å². The summed E-state index contributed by atoms with van der Waals surface area (Å²) in [7, 11) is 0. The highest BCUT2D eigenvalue weighted by Crippen LogP contribution is 2.40. The molecule has 0 bridgehead atoms. The van der Waals surface area contributed by atoms with E-state index in [0.717, 1.165) is 83.0 Å². The van der Waals surface area contributed by atoms with E-state index in [2.05, 4.69) is 132 Å². The van der Waals surface area contributed by atoms with E-state index in [4.69, 9.17) is 18.2 Å². The second-order valence-electron chi connectivity index (χ2n) is 13.9. The Hall–Kier alpha value is -7.37. The number of aromatic nitrogens is 1. The summed E-state index contributed by atoms with van der Waals surface area (Å²) in [5.41, 5.74) is 13.8. The van der Waals surface area contributed by atoms with E-state index in [1.54, 1.807) is 0 Å². The number of hydrogen-bond donors (Lipinski definition) is 0. The standard InChI is InChI=1S/C50H32N2O3/c1-3-11-33(12-4-1)39-16-8-7-15-36(39)31-52(38-24-25-41-40-17-9-10-18-43(40)54-47(41)30-38)37-22-19-32(20-23-37)35-21-26-44-42(29-35)48-45(53-44)27-28-46-49(48)51-50(55-46)34-13-5-2-6-14-34/h1-30H,31H2. The van der Waals surface area contributed by atoms with Gasteiger partial charge in [0.15, 0.2) is 5.58 Å². The highest BCUT2D eigenvalue weighted by molar-refractivity contribution is 6.17. The van der Waals surface area contributed by atoms with Crippen LogP contribution in [0.4, 0.5) is 11.4 Å². The number of anilines is 2. The van der Waals surface area contributed by atoms with Gasteiger partial charge in [0.25, 0.3) is 0 Å². The molecule has 0 saturated heterocycles. The fourth-order valence-electron chi connectivity index (χ4n) is 7.91. The van der Waals surface area contributed by atoms with E-state index >= 15 is 0 Å². The van der Waals surface area contributed by atoms with Crippen molar-refractivity contribution in [3.8, 4) is 33.7 Å². The molecule has 0 unspecified atom stereocenters. The molecule has 0 amide bonds. The second-order valence-corrected chi connectivity index (χ2v) is 13.9. The van der Waals surface area contributed by atoms with Crippen molar-refractivity contribution in [2.75, 3.05) is 4.90 Å². The molecule has 260 valence electrons. The van der Waals surface area contributed by atoms with Crippen molar-refractivity contribution >= 4 is 66.4 Å². The van der Waals surface area contributed by atoms with Crippen LogP contribution in [0.5, 0.6) is 0 Å². The average Bonchev–Trinajstić information content (AvgIpc) is 3.96. The van der Waals surface area contributed by atoms with Crippen LogP contribution >= 0.6 is 0 Å². The molecule has 0 atom stereocenters. The number of hydrogen-bond acceptors (Lipinski definition) is 5. The van der Waals surface area contributed by atoms with Gasteiger partial charge in [0.1, 0.15) is 27.8 Å². The molecule has 11 aromatic rings. The summed E-state index contributed by atoms with van der Waals surface area (Å²) in [5.74, 6) is 0.597.